The van der Waals surface area contributed by atoms with Gasteiger partial charge < -0.3 is 10.6 Å². The summed E-state index contributed by atoms with van der Waals surface area (Å²) in [5, 5.41) is 0. The van der Waals surface area contributed by atoms with Gasteiger partial charge in [0.2, 0.25) is 0 Å². The molecule has 1 rings (SSSR count). The zero-order chi connectivity index (χ0) is 9.40. The van der Waals surface area contributed by atoms with Crippen molar-refractivity contribution in [3.63, 3.8) is 0 Å². The van der Waals surface area contributed by atoms with Gasteiger partial charge in [0.25, 0.3) is 0 Å². The van der Waals surface area contributed by atoms with Gasteiger partial charge in [-0.25, -0.2) is 0 Å². The summed E-state index contributed by atoms with van der Waals surface area (Å²) in [4.78, 5) is 2.00. The van der Waals surface area contributed by atoms with Crippen LogP contribution in [0.15, 0.2) is 30.3 Å². The second-order valence-electron chi connectivity index (χ2n) is 3.03. The van der Waals surface area contributed by atoms with Gasteiger partial charge in [-0.15, -0.1) is 12.4 Å². The first-order chi connectivity index (χ1) is 5.66. The van der Waals surface area contributed by atoms with Gasteiger partial charge in [-0.2, -0.15) is 0 Å². The predicted molar refractivity (Wildman–Crippen MR) is 61.2 cm³/mol. The zero-order valence-corrected chi connectivity index (χ0v) is 9.34. The first-order valence-electron chi connectivity index (χ1n) is 4.01. The highest BCUT2D eigenvalue weighted by atomic mass is 35.5. The molecule has 0 aliphatic carbocycles. The monoisotopic (exact) mass is 202 g/mol. The fourth-order valence-electron chi connectivity index (χ4n) is 0.614. The van der Waals surface area contributed by atoms with Crippen LogP contribution in [0.25, 0.3) is 0 Å². The topological polar surface area (TPSA) is 29.3 Å². The molecule has 1 aromatic carbocycles. The van der Waals surface area contributed by atoms with Crippen LogP contribution in [0.4, 0.5) is 0 Å². The van der Waals surface area contributed by atoms with Crippen LogP contribution in [0.5, 0.6) is 0 Å². The number of nitrogens with zero attached hydrogens (tertiary/aromatic N) is 1. The van der Waals surface area contributed by atoms with Crippen LogP contribution in [0, 0.1) is 0 Å². The Bertz CT molecular complexity index is 185. The quantitative estimate of drug-likeness (QED) is 0.752. The average Bonchev–Trinajstić information content (AvgIpc) is 2.05. The maximum atomic E-state index is 5.35. The molecule has 0 aromatic heterocycles. The molecule has 13 heavy (non-hydrogen) atoms. The molecule has 0 atom stereocenters. The number of hydrogen-bond donors (Lipinski definition) is 1. The third-order valence-electron chi connectivity index (χ3n) is 1.08. The second-order valence-corrected chi connectivity index (χ2v) is 3.03. The SMILES string of the molecule is CN(C)C.Cl.NCc1ccccc1. The number of halogens is 1. The highest BCUT2D eigenvalue weighted by molar-refractivity contribution is 5.85. The van der Waals surface area contributed by atoms with Gasteiger partial charge in [0.1, 0.15) is 0 Å². The summed E-state index contributed by atoms with van der Waals surface area (Å²) in [5.74, 6) is 0. The van der Waals surface area contributed by atoms with Crippen molar-refractivity contribution in [2.75, 3.05) is 21.1 Å². The van der Waals surface area contributed by atoms with Crippen LogP contribution in [0.1, 0.15) is 5.56 Å². The Morgan fingerprint density at radius 2 is 1.46 bits per heavy atom. The largest absolute Gasteiger partial charge is 0.326 e. The van der Waals surface area contributed by atoms with Gasteiger partial charge in [0.15, 0.2) is 0 Å². The van der Waals surface area contributed by atoms with Crippen molar-refractivity contribution >= 4 is 12.4 Å². The summed E-state index contributed by atoms with van der Waals surface area (Å²) >= 11 is 0. The van der Waals surface area contributed by atoms with Crippen molar-refractivity contribution in [1.29, 1.82) is 0 Å². The molecule has 2 N–H and O–H groups in total. The van der Waals surface area contributed by atoms with Crippen molar-refractivity contribution in [2.24, 2.45) is 5.73 Å². The fraction of sp³-hybridized carbons (Fsp3) is 0.400. The van der Waals surface area contributed by atoms with Crippen LogP contribution < -0.4 is 5.73 Å². The Kier molecular flexibility index (Phi) is 10.9. The van der Waals surface area contributed by atoms with Crippen molar-refractivity contribution in [2.45, 2.75) is 6.54 Å². The van der Waals surface area contributed by atoms with Gasteiger partial charge >= 0.3 is 0 Å². The predicted octanol–water partition coefficient (Wildman–Crippen LogP) is 1.74. The Morgan fingerprint density at radius 1 is 1.08 bits per heavy atom. The van der Waals surface area contributed by atoms with Crippen molar-refractivity contribution < 1.29 is 0 Å². The number of hydrogen-bond acceptors (Lipinski definition) is 2. The molecule has 0 amide bonds. The van der Waals surface area contributed by atoms with Crippen LogP contribution in [0.3, 0.4) is 0 Å². The molecule has 0 bridgehead atoms. The molecule has 0 unspecified atom stereocenters. The molecule has 0 spiro atoms. The molecule has 2 nitrogen and oxygen atoms in total. The second kappa shape index (κ2) is 9.52. The van der Waals surface area contributed by atoms with E-state index in [1.807, 2.05) is 56.4 Å². The Labute approximate surface area is 87.1 Å². The van der Waals surface area contributed by atoms with E-state index in [9.17, 15) is 0 Å². The number of benzene rings is 1. The first kappa shape index (κ1) is 14.9. The maximum absolute atomic E-state index is 5.35. The van der Waals surface area contributed by atoms with Gasteiger partial charge in [0.05, 0.1) is 0 Å². The molecule has 3 heteroatoms. The van der Waals surface area contributed by atoms with Crippen LogP contribution in [0.2, 0.25) is 0 Å². The minimum atomic E-state index is 0. The van der Waals surface area contributed by atoms with Crippen LogP contribution in [-0.4, -0.2) is 26.0 Å². The summed E-state index contributed by atoms with van der Waals surface area (Å²) in [6.45, 7) is 0.640. The highest BCUT2D eigenvalue weighted by Gasteiger charge is 1.80. The van der Waals surface area contributed by atoms with E-state index in [0.29, 0.717) is 6.54 Å². The zero-order valence-electron chi connectivity index (χ0n) is 8.53. The number of rotatable bonds is 1. The van der Waals surface area contributed by atoms with E-state index in [1.54, 1.807) is 0 Å². The van der Waals surface area contributed by atoms with E-state index >= 15 is 0 Å². The molecule has 1 aromatic rings. The van der Waals surface area contributed by atoms with E-state index in [2.05, 4.69) is 0 Å². The smallest absolute Gasteiger partial charge is 0.0178 e. The van der Waals surface area contributed by atoms with Crippen LogP contribution in [-0.2, 0) is 6.54 Å². The van der Waals surface area contributed by atoms with E-state index in [4.69, 9.17) is 5.73 Å². The van der Waals surface area contributed by atoms with E-state index < -0.39 is 0 Å². The molecule has 0 saturated carbocycles. The lowest BCUT2D eigenvalue weighted by Crippen LogP contribution is -1.99. The molecule has 0 aliphatic heterocycles. The molecule has 76 valence electrons. The lowest BCUT2D eigenvalue weighted by Gasteiger charge is -1.90. The minimum Gasteiger partial charge on any atom is -0.326 e. The number of nitrogens with two attached hydrogens (primary N) is 1. The average molecular weight is 203 g/mol. The maximum Gasteiger partial charge on any atom is 0.0178 e. The third-order valence-corrected chi connectivity index (χ3v) is 1.08. The fourth-order valence-corrected chi connectivity index (χ4v) is 0.614. The van der Waals surface area contributed by atoms with E-state index in [0.717, 1.165) is 0 Å². The summed E-state index contributed by atoms with van der Waals surface area (Å²) in [6.07, 6.45) is 0. The summed E-state index contributed by atoms with van der Waals surface area (Å²) in [7, 11) is 6.00. The summed E-state index contributed by atoms with van der Waals surface area (Å²) in [6, 6.07) is 9.99. The molecule has 0 heterocycles. The molecule has 0 radical (unpaired) electrons. The van der Waals surface area contributed by atoms with Gasteiger partial charge in [-0.1, -0.05) is 30.3 Å². The third kappa shape index (κ3) is 11.4. The van der Waals surface area contributed by atoms with E-state index in [1.165, 1.54) is 5.56 Å². The Hall–Kier alpha value is -0.570. The van der Waals surface area contributed by atoms with Crippen LogP contribution >= 0.6 is 12.4 Å². The van der Waals surface area contributed by atoms with Crippen molar-refractivity contribution in [3.05, 3.63) is 35.9 Å². The lowest BCUT2D eigenvalue weighted by atomic mass is 10.2. The summed E-state index contributed by atoms with van der Waals surface area (Å²) in [5.41, 5.74) is 6.54. The summed E-state index contributed by atoms with van der Waals surface area (Å²) < 4.78 is 0. The molecular formula is C10H19ClN2. The lowest BCUT2D eigenvalue weighted by molar-refractivity contribution is 0.505. The first-order valence-corrected chi connectivity index (χ1v) is 4.01. The van der Waals surface area contributed by atoms with Crippen molar-refractivity contribution in [3.8, 4) is 0 Å². The molecule has 0 saturated heterocycles. The Balaban J connectivity index is 0. The highest BCUT2D eigenvalue weighted by Crippen LogP contribution is 1.94. The normalized spacial score (nSPS) is 8.38. The molecular weight excluding hydrogens is 184 g/mol. The Morgan fingerprint density at radius 3 is 1.69 bits per heavy atom. The van der Waals surface area contributed by atoms with Gasteiger partial charge in [-0.3, -0.25) is 0 Å². The minimum absolute atomic E-state index is 0. The van der Waals surface area contributed by atoms with Crippen molar-refractivity contribution in [1.82, 2.24) is 4.90 Å². The van der Waals surface area contributed by atoms with Gasteiger partial charge in [-0.05, 0) is 26.7 Å². The molecule has 0 aliphatic rings. The van der Waals surface area contributed by atoms with Gasteiger partial charge in [0, 0.05) is 6.54 Å². The standard InChI is InChI=1S/C7H9N.C3H9N.ClH/c8-6-7-4-2-1-3-5-7;1-4(2)3;/h1-5H,6,8H2;1-3H3;1H. The van der Waals surface area contributed by atoms with E-state index in [-0.39, 0.29) is 12.4 Å². The molecule has 0 fully saturated rings.